The zero-order valence-electron chi connectivity index (χ0n) is 6.94. The van der Waals surface area contributed by atoms with Crippen molar-refractivity contribution in [3.8, 4) is 6.07 Å². The summed E-state index contributed by atoms with van der Waals surface area (Å²) in [7, 11) is 0. The molecule has 0 fully saturated rings. The van der Waals surface area contributed by atoms with Crippen molar-refractivity contribution in [2.75, 3.05) is 0 Å². The van der Waals surface area contributed by atoms with Gasteiger partial charge in [-0.1, -0.05) is 0 Å². The third-order valence-corrected chi connectivity index (χ3v) is 1.44. The van der Waals surface area contributed by atoms with Crippen LogP contribution >= 0.6 is 0 Å². The SMILES string of the molecule is N#Cc1ccc(C=NC(=O)O)c(F)c1. The molecule has 1 aromatic carbocycles. The van der Waals surface area contributed by atoms with Crippen molar-refractivity contribution in [3.05, 3.63) is 35.1 Å². The predicted octanol–water partition coefficient (Wildman–Crippen LogP) is 1.79. The number of carbonyl (C=O) groups is 1. The second kappa shape index (κ2) is 4.14. The average molecular weight is 192 g/mol. The first-order valence-electron chi connectivity index (χ1n) is 3.60. The molecule has 1 amide bonds. The Morgan fingerprint density at radius 1 is 1.64 bits per heavy atom. The molecular weight excluding hydrogens is 187 g/mol. The number of nitrogens with zero attached hydrogens (tertiary/aromatic N) is 2. The normalized spacial score (nSPS) is 10.0. The van der Waals surface area contributed by atoms with Gasteiger partial charge in [0.25, 0.3) is 0 Å². The lowest BCUT2D eigenvalue weighted by molar-refractivity contribution is 0.206. The van der Waals surface area contributed by atoms with E-state index in [2.05, 4.69) is 4.99 Å². The second-order valence-electron chi connectivity index (χ2n) is 2.39. The van der Waals surface area contributed by atoms with E-state index in [1.165, 1.54) is 12.1 Å². The summed E-state index contributed by atoms with van der Waals surface area (Å²) in [5.74, 6) is -0.672. The minimum Gasteiger partial charge on any atom is -0.463 e. The number of benzene rings is 1. The van der Waals surface area contributed by atoms with E-state index in [1.54, 1.807) is 6.07 Å². The lowest BCUT2D eigenvalue weighted by Crippen LogP contribution is -1.92. The second-order valence-corrected chi connectivity index (χ2v) is 2.39. The molecule has 0 aromatic heterocycles. The van der Waals surface area contributed by atoms with E-state index in [-0.39, 0.29) is 11.1 Å². The monoisotopic (exact) mass is 192 g/mol. The van der Waals surface area contributed by atoms with Crippen molar-refractivity contribution in [1.29, 1.82) is 5.26 Å². The zero-order chi connectivity index (χ0) is 10.6. The van der Waals surface area contributed by atoms with E-state index >= 15 is 0 Å². The Labute approximate surface area is 78.9 Å². The van der Waals surface area contributed by atoms with Crippen LogP contribution in [0.1, 0.15) is 11.1 Å². The highest BCUT2D eigenvalue weighted by Gasteiger charge is 2.01. The molecule has 0 heterocycles. The summed E-state index contributed by atoms with van der Waals surface area (Å²) >= 11 is 0. The number of nitriles is 1. The van der Waals surface area contributed by atoms with Crippen LogP contribution in [0.4, 0.5) is 9.18 Å². The Kier molecular flexibility index (Phi) is 2.92. The van der Waals surface area contributed by atoms with Crippen LogP contribution < -0.4 is 0 Å². The Morgan fingerprint density at radius 3 is 2.86 bits per heavy atom. The van der Waals surface area contributed by atoms with Gasteiger partial charge in [-0.15, -0.1) is 0 Å². The van der Waals surface area contributed by atoms with E-state index in [0.717, 1.165) is 12.3 Å². The third-order valence-electron chi connectivity index (χ3n) is 1.44. The molecule has 0 saturated carbocycles. The van der Waals surface area contributed by atoms with Crippen LogP contribution in [0.5, 0.6) is 0 Å². The molecule has 0 bridgehead atoms. The Hall–Kier alpha value is -2.22. The maximum Gasteiger partial charge on any atom is 0.431 e. The van der Waals surface area contributed by atoms with E-state index < -0.39 is 11.9 Å². The minimum absolute atomic E-state index is 0.0337. The quantitative estimate of drug-likeness (QED) is 0.689. The number of rotatable bonds is 1. The number of hydrogen-bond acceptors (Lipinski definition) is 2. The molecule has 1 aromatic rings. The summed E-state index contributed by atoms with van der Waals surface area (Å²) in [5, 5.41) is 16.6. The molecule has 0 unspecified atom stereocenters. The van der Waals surface area contributed by atoms with Gasteiger partial charge in [0.2, 0.25) is 0 Å². The van der Waals surface area contributed by atoms with Gasteiger partial charge in [0.15, 0.2) is 0 Å². The van der Waals surface area contributed by atoms with Gasteiger partial charge in [-0.3, -0.25) is 0 Å². The third kappa shape index (κ3) is 2.38. The lowest BCUT2D eigenvalue weighted by atomic mass is 10.1. The molecule has 0 aliphatic rings. The molecular formula is C9H5FN2O2. The fourth-order valence-electron chi connectivity index (χ4n) is 0.826. The lowest BCUT2D eigenvalue weighted by Gasteiger charge is -1.94. The standard InChI is InChI=1S/C9H5FN2O2/c10-8-3-6(4-11)1-2-7(8)5-12-9(13)14/h1-3,5H,(H,13,14). The van der Waals surface area contributed by atoms with Crippen molar-refractivity contribution in [2.24, 2.45) is 4.99 Å². The molecule has 4 nitrogen and oxygen atoms in total. The summed E-state index contributed by atoms with van der Waals surface area (Å²) in [6, 6.07) is 5.45. The van der Waals surface area contributed by atoms with Gasteiger partial charge < -0.3 is 5.11 Å². The van der Waals surface area contributed by atoms with Crippen molar-refractivity contribution in [1.82, 2.24) is 0 Å². The van der Waals surface area contributed by atoms with Crippen LogP contribution in [0.15, 0.2) is 23.2 Å². The maximum absolute atomic E-state index is 13.1. The van der Waals surface area contributed by atoms with Crippen molar-refractivity contribution < 1.29 is 14.3 Å². The molecule has 1 rings (SSSR count). The van der Waals surface area contributed by atoms with Gasteiger partial charge in [-0.25, -0.2) is 9.18 Å². The maximum atomic E-state index is 13.1. The molecule has 0 saturated heterocycles. The topological polar surface area (TPSA) is 73.5 Å². The Morgan fingerprint density at radius 2 is 2.36 bits per heavy atom. The highest BCUT2D eigenvalue weighted by atomic mass is 19.1. The van der Waals surface area contributed by atoms with Gasteiger partial charge in [-0.2, -0.15) is 10.3 Å². The highest BCUT2D eigenvalue weighted by molar-refractivity contribution is 5.88. The van der Waals surface area contributed by atoms with E-state index in [0.29, 0.717) is 0 Å². The van der Waals surface area contributed by atoms with Crippen LogP contribution in [0.2, 0.25) is 0 Å². The van der Waals surface area contributed by atoms with Crippen molar-refractivity contribution in [3.63, 3.8) is 0 Å². The van der Waals surface area contributed by atoms with E-state index in [4.69, 9.17) is 10.4 Å². The summed E-state index contributed by atoms with van der Waals surface area (Å²) in [6.45, 7) is 0. The molecule has 0 atom stereocenters. The summed E-state index contributed by atoms with van der Waals surface area (Å²) in [4.78, 5) is 13.0. The van der Waals surface area contributed by atoms with Gasteiger partial charge in [-0.05, 0) is 18.2 Å². The van der Waals surface area contributed by atoms with E-state index in [1.807, 2.05) is 0 Å². The first kappa shape index (κ1) is 9.86. The van der Waals surface area contributed by atoms with Gasteiger partial charge >= 0.3 is 6.09 Å². The molecule has 0 aliphatic heterocycles. The van der Waals surface area contributed by atoms with Crippen LogP contribution in [0.25, 0.3) is 0 Å². The summed E-state index contributed by atoms with van der Waals surface area (Å²) in [6.07, 6.45) is -0.507. The zero-order valence-corrected chi connectivity index (χ0v) is 6.94. The summed E-state index contributed by atoms with van der Waals surface area (Å²) < 4.78 is 13.1. The largest absolute Gasteiger partial charge is 0.463 e. The minimum atomic E-state index is -1.39. The highest BCUT2D eigenvalue weighted by Crippen LogP contribution is 2.07. The Bertz CT molecular complexity index is 435. The Balaban J connectivity index is 3.02. The molecule has 70 valence electrons. The van der Waals surface area contributed by atoms with Crippen LogP contribution in [0.3, 0.4) is 0 Å². The molecule has 5 heteroatoms. The molecule has 14 heavy (non-hydrogen) atoms. The first-order chi connectivity index (χ1) is 6.63. The van der Waals surface area contributed by atoms with Gasteiger partial charge in [0.05, 0.1) is 11.6 Å². The van der Waals surface area contributed by atoms with Crippen molar-refractivity contribution >= 4 is 12.3 Å². The molecule has 0 aliphatic carbocycles. The van der Waals surface area contributed by atoms with Gasteiger partial charge in [0.1, 0.15) is 5.82 Å². The smallest absolute Gasteiger partial charge is 0.431 e. The van der Waals surface area contributed by atoms with Crippen molar-refractivity contribution in [2.45, 2.75) is 0 Å². The molecule has 0 radical (unpaired) electrons. The van der Waals surface area contributed by atoms with Crippen LogP contribution in [-0.4, -0.2) is 17.4 Å². The van der Waals surface area contributed by atoms with Crippen LogP contribution in [0, 0.1) is 17.1 Å². The van der Waals surface area contributed by atoms with E-state index in [9.17, 15) is 9.18 Å². The number of carboxylic acid groups (broad SMARTS) is 1. The molecule has 1 N–H and O–H groups in total. The average Bonchev–Trinajstić information content (AvgIpc) is 2.15. The number of hydrogen-bond donors (Lipinski definition) is 1. The number of aliphatic imine (C=N–C) groups is 1. The number of amides is 1. The fraction of sp³-hybridized carbons (Fsp3) is 0. The summed E-state index contributed by atoms with van der Waals surface area (Å²) in [5.41, 5.74) is 0.210. The van der Waals surface area contributed by atoms with Gasteiger partial charge in [0, 0.05) is 11.8 Å². The van der Waals surface area contributed by atoms with Crippen LogP contribution in [-0.2, 0) is 0 Å². The first-order valence-corrected chi connectivity index (χ1v) is 3.60. The fourth-order valence-corrected chi connectivity index (χ4v) is 0.826. The molecule has 0 spiro atoms. The predicted molar refractivity (Wildman–Crippen MR) is 46.7 cm³/mol. The number of halogens is 1.